The highest BCUT2D eigenvalue weighted by atomic mass is 19.1. The summed E-state index contributed by atoms with van der Waals surface area (Å²) in [5.74, 6) is 0.721. The Kier molecular flexibility index (Phi) is 4.79. The Morgan fingerprint density at radius 1 is 0.897 bits per heavy atom. The zero-order valence-corrected chi connectivity index (χ0v) is 15.9. The van der Waals surface area contributed by atoms with Crippen LogP contribution in [0.15, 0.2) is 59.3 Å². The molecular formula is C21H21FN6O. The van der Waals surface area contributed by atoms with Crippen LogP contribution in [0.5, 0.6) is 0 Å². The second-order valence-corrected chi connectivity index (χ2v) is 7.26. The van der Waals surface area contributed by atoms with Crippen LogP contribution in [0, 0.1) is 5.82 Å². The van der Waals surface area contributed by atoms with Gasteiger partial charge in [-0.3, -0.25) is 9.80 Å². The summed E-state index contributed by atoms with van der Waals surface area (Å²) in [7, 11) is 0. The summed E-state index contributed by atoms with van der Waals surface area (Å²) in [6.45, 7) is 5.27. The van der Waals surface area contributed by atoms with E-state index in [4.69, 9.17) is 4.42 Å². The normalized spacial score (nSPS) is 15.9. The molecule has 1 aromatic carbocycles. The lowest BCUT2D eigenvalue weighted by atomic mass is 10.2. The molecule has 8 heteroatoms. The smallest absolute Gasteiger partial charge is 0.247 e. The van der Waals surface area contributed by atoms with Crippen molar-refractivity contribution >= 4 is 5.65 Å². The summed E-state index contributed by atoms with van der Waals surface area (Å²) in [5.41, 5.74) is 2.79. The standard InChI is InChI=1S/C21H21FN6O/c22-17-6-4-16(5-7-17)21-25-24-20(29-21)15-27-11-9-26(10-12-27)13-18-14-28-8-2-1-3-19(28)23-18/h1-8,14H,9-13,15H2. The van der Waals surface area contributed by atoms with Gasteiger partial charge in [0.2, 0.25) is 11.8 Å². The van der Waals surface area contributed by atoms with Crippen LogP contribution in [-0.2, 0) is 13.1 Å². The van der Waals surface area contributed by atoms with Gasteiger partial charge in [0.1, 0.15) is 11.5 Å². The van der Waals surface area contributed by atoms with Crippen LogP contribution in [0.1, 0.15) is 11.6 Å². The largest absolute Gasteiger partial charge is 0.419 e. The average Bonchev–Trinajstić information content (AvgIpc) is 3.36. The second-order valence-electron chi connectivity index (χ2n) is 7.26. The van der Waals surface area contributed by atoms with Crippen molar-refractivity contribution in [3.05, 3.63) is 72.3 Å². The van der Waals surface area contributed by atoms with Gasteiger partial charge in [0.25, 0.3) is 0 Å². The number of fused-ring (bicyclic) bond motifs is 1. The molecule has 5 rings (SSSR count). The van der Waals surface area contributed by atoms with Crippen LogP contribution in [0.2, 0.25) is 0 Å². The number of piperazine rings is 1. The van der Waals surface area contributed by atoms with Crippen LogP contribution in [0.3, 0.4) is 0 Å². The maximum Gasteiger partial charge on any atom is 0.247 e. The van der Waals surface area contributed by atoms with Crippen LogP contribution in [-0.4, -0.2) is 55.6 Å². The number of hydrogen-bond donors (Lipinski definition) is 0. The minimum absolute atomic E-state index is 0.282. The first-order valence-corrected chi connectivity index (χ1v) is 9.68. The SMILES string of the molecule is Fc1ccc(-c2nnc(CN3CCN(Cc4cn5ccccc5n4)CC3)o2)cc1. The molecule has 1 aliphatic heterocycles. The summed E-state index contributed by atoms with van der Waals surface area (Å²) in [5, 5.41) is 8.23. The van der Waals surface area contributed by atoms with E-state index in [0.717, 1.165) is 49.6 Å². The maximum absolute atomic E-state index is 13.1. The summed E-state index contributed by atoms with van der Waals surface area (Å²) >= 11 is 0. The fraction of sp³-hybridized carbons (Fsp3) is 0.286. The van der Waals surface area contributed by atoms with Gasteiger partial charge in [0.15, 0.2) is 0 Å². The summed E-state index contributed by atoms with van der Waals surface area (Å²) < 4.78 is 20.9. The van der Waals surface area contributed by atoms with Crippen molar-refractivity contribution in [1.82, 2.24) is 29.4 Å². The molecule has 4 aromatic rings. The fourth-order valence-electron chi connectivity index (χ4n) is 3.62. The molecule has 7 nitrogen and oxygen atoms in total. The number of pyridine rings is 1. The lowest BCUT2D eigenvalue weighted by Crippen LogP contribution is -2.45. The van der Waals surface area contributed by atoms with Crippen LogP contribution < -0.4 is 0 Å². The van der Waals surface area contributed by atoms with Gasteiger partial charge in [-0.2, -0.15) is 0 Å². The van der Waals surface area contributed by atoms with Gasteiger partial charge in [-0.15, -0.1) is 10.2 Å². The lowest BCUT2D eigenvalue weighted by Gasteiger charge is -2.33. The molecule has 4 heterocycles. The molecule has 1 aliphatic rings. The van der Waals surface area contributed by atoms with Gasteiger partial charge in [-0.05, 0) is 36.4 Å². The molecule has 0 N–H and O–H groups in total. The van der Waals surface area contributed by atoms with Crippen LogP contribution in [0.4, 0.5) is 4.39 Å². The molecule has 0 aliphatic carbocycles. The monoisotopic (exact) mass is 392 g/mol. The van der Waals surface area contributed by atoms with Crippen LogP contribution in [0.25, 0.3) is 17.1 Å². The van der Waals surface area contributed by atoms with E-state index in [1.165, 1.54) is 12.1 Å². The van der Waals surface area contributed by atoms with E-state index in [-0.39, 0.29) is 5.82 Å². The van der Waals surface area contributed by atoms with E-state index >= 15 is 0 Å². The summed E-state index contributed by atoms with van der Waals surface area (Å²) in [4.78, 5) is 9.40. The number of hydrogen-bond acceptors (Lipinski definition) is 6. The number of rotatable bonds is 5. The first-order valence-electron chi connectivity index (χ1n) is 9.68. The van der Waals surface area contributed by atoms with Gasteiger partial charge in [-0.25, -0.2) is 9.37 Å². The first-order chi connectivity index (χ1) is 14.2. The lowest BCUT2D eigenvalue weighted by molar-refractivity contribution is 0.114. The zero-order valence-electron chi connectivity index (χ0n) is 15.9. The predicted octanol–water partition coefficient (Wildman–Crippen LogP) is 2.84. The first kappa shape index (κ1) is 18.0. The zero-order chi connectivity index (χ0) is 19.6. The predicted molar refractivity (Wildman–Crippen MR) is 105 cm³/mol. The third-order valence-electron chi connectivity index (χ3n) is 5.18. The van der Waals surface area contributed by atoms with E-state index in [9.17, 15) is 4.39 Å². The number of aromatic nitrogens is 4. The molecule has 1 saturated heterocycles. The highest BCUT2D eigenvalue weighted by Crippen LogP contribution is 2.19. The third kappa shape index (κ3) is 4.03. The Morgan fingerprint density at radius 3 is 2.41 bits per heavy atom. The van der Waals surface area contributed by atoms with Gasteiger partial charge < -0.3 is 8.82 Å². The van der Waals surface area contributed by atoms with E-state index in [1.54, 1.807) is 12.1 Å². The molecule has 0 spiro atoms. The van der Waals surface area contributed by atoms with Gasteiger partial charge >= 0.3 is 0 Å². The molecule has 0 unspecified atom stereocenters. The van der Waals surface area contributed by atoms with Gasteiger partial charge in [0.05, 0.1) is 12.2 Å². The minimum Gasteiger partial charge on any atom is -0.419 e. The van der Waals surface area contributed by atoms with Crippen molar-refractivity contribution in [3.63, 3.8) is 0 Å². The molecule has 29 heavy (non-hydrogen) atoms. The molecular weight excluding hydrogens is 371 g/mol. The van der Waals surface area contributed by atoms with Crippen molar-refractivity contribution in [3.8, 4) is 11.5 Å². The number of benzene rings is 1. The highest BCUT2D eigenvalue weighted by Gasteiger charge is 2.20. The molecule has 1 fully saturated rings. The quantitative estimate of drug-likeness (QED) is 0.521. The number of nitrogens with zero attached hydrogens (tertiary/aromatic N) is 6. The minimum atomic E-state index is -0.282. The van der Waals surface area contributed by atoms with Crippen molar-refractivity contribution in [1.29, 1.82) is 0 Å². The van der Waals surface area contributed by atoms with Crippen molar-refractivity contribution < 1.29 is 8.81 Å². The Morgan fingerprint density at radius 2 is 1.66 bits per heavy atom. The van der Waals surface area contributed by atoms with Gasteiger partial charge in [0, 0.05) is 50.7 Å². The molecule has 3 aromatic heterocycles. The van der Waals surface area contributed by atoms with Gasteiger partial charge in [-0.1, -0.05) is 6.07 Å². The fourth-order valence-corrected chi connectivity index (χ4v) is 3.62. The van der Waals surface area contributed by atoms with Crippen LogP contribution >= 0.6 is 0 Å². The molecule has 0 radical (unpaired) electrons. The topological polar surface area (TPSA) is 62.7 Å². The Labute approximate surface area is 167 Å². The number of imidazole rings is 1. The summed E-state index contributed by atoms with van der Waals surface area (Å²) in [6, 6.07) is 12.1. The summed E-state index contributed by atoms with van der Waals surface area (Å²) in [6.07, 6.45) is 4.12. The van der Waals surface area contributed by atoms with E-state index in [1.807, 2.05) is 24.4 Å². The van der Waals surface area contributed by atoms with E-state index in [2.05, 4.69) is 35.6 Å². The second kappa shape index (κ2) is 7.73. The molecule has 0 atom stereocenters. The van der Waals surface area contributed by atoms with Crippen molar-refractivity contribution in [2.45, 2.75) is 13.1 Å². The molecule has 0 amide bonds. The van der Waals surface area contributed by atoms with Crippen molar-refractivity contribution in [2.24, 2.45) is 0 Å². The average molecular weight is 392 g/mol. The van der Waals surface area contributed by atoms with Crippen molar-refractivity contribution in [2.75, 3.05) is 26.2 Å². The number of halogens is 1. The Bertz CT molecular complexity index is 1060. The Balaban J connectivity index is 1.15. The molecule has 0 bridgehead atoms. The molecule has 148 valence electrons. The third-order valence-corrected chi connectivity index (χ3v) is 5.18. The highest BCUT2D eigenvalue weighted by molar-refractivity contribution is 5.51. The van der Waals surface area contributed by atoms with E-state index < -0.39 is 0 Å². The molecule has 0 saturated carbocycles. The van der Waals surface area contributed by atoms with E-state index in [0.29, 0.717) is 18.3 Å². The Hall–Kier alpha value is -3.10. The maximum atomic E-state index is 13.1.